The fourth-order valence-electron chi connectivity index (χ4n) is 2.89. The molecule has 1 saturated heterocycles. The molecule has 1 amide bonds. The van der Waals surface area contributed by atoms with Crippen LogP contribution in [0.3, 0.4) is 0 Å². The minimum Gasteiger partial charge on any atom is -0.342 e. The highest BCUT2D eigenvalue weighted by molar-refractivity contribution is 5.87. The summed E-state index contributed by atoms with van der Waals surface area (Å²) in [5, 5.41) is 0. The molecule has 0 saturated carbocycles. The summed E-state index contributed by atoms with van der Waals surface area (Å²) in [7, 11) is 0. The van der Waals surface area contributed by atoms with E-state index in [0.717, 1.165) is 31.5 Å². The molecule has 0 spiro atoms. The zero-order valence-corrected chi connectivity index (χ0v) is 12.1. The molecule has 0 aliphatic carbocycles. The first-order chi connectivity index (χ1) is 8.93. The summed E-state index contributed by atoms with van der Waals surface area (Å²) in [4.78, 5) is 14.7. The Morgan fingerprint density at radius 1 is 1.26 bits per heavy atom. The van der Waals surface area contributed by atoms with Gasteiger partial charge in [-0.2, -0.15) is 0 Å². The largest absolute Gasteiger partial charge is 0.342 e. The summed E-state index contributed by atoms with van der Waals surface area (Å²) in [6.45, 7) is 7.68. The van der Waals surface area contributed by atoms with Gasteiger partial charge >= 0.3 is 0 Å². The molecule has 1 aromatic rings. The lowest BCUT2D eigenvalue weighted by Crippen LogP contribution is -2.49. The Morgan fingerprint density at radius 3 is 2.42 bits per heavy atom. The number of hydrogen-bond acceptors (Lipinski definition) is 2. The SMILES string of the molecule is Cc1ccccc1C(C)(C)C(=O)N1CCC(N)CC1. The Balaban J connectivity index is 2.20. The van der Waals surface area contributed by atoms with Crippen LogP contribution in [-0.4, -0.2) is 29.9 Å². The number of piperidine rings is 1. The number of hydrogen-bond donors (Lipinski definition) is 1. The molecule has 0 atom stereocenters. The predicted octanol–water partition coefficient (Wildman–Crippen LogP) is 2.22. The maximum atomic E-state index is 12.8. The third kappa shape index (κ3) is 2.81. The summed E-state index contributed by atoms with van der Waals surface area (Å²) in [6.07, 6.45) is 1.82. The predicted molar refractivity (Wildman–Crippen MR) is 78.0 cm³/mol. The molecule has 0 bridgehead atoms. The van der Waals surface area contributed by atoms with E-state index in [4.69, 9.17) is 5.73 Å². The van der Waals surface area contributed by atoms with Gasteiger partial charge in [0.05, 0.1) is 5.41 Å². The number of nitrogens with zero attached hydrogens (tertiary/aromatic N) is 1. The van der Waals surface area contributed by atoms with Crippen molar-refractivity contribution in [2.24, 2.45) is 5.73 Å². The van der Waals surface area contributed by atoms with Crippen LogP contribution in [-0.2, 0) is 10.2 Å². The van der Waals surface area contributed by atoms with E-state index in [0.29, 0.717) is 0 Å². The fraction of sp³-hybridized carbons (Fsp3) is 0.562. The number of nitrogens with two attached hydrogens (primary N) is 1. The maximum absolute atomic E-state index is 12.8. The second-order valence-corrected chi connectivity index (χ2v) is 6.07. The molecule has 2 rings (SSSR count). The molecule has 3 heteroatoms. The second-order valence-electron chi connectivity index (χ2n) is 6.07. The summed E-state index contributed by atoms with van der Waals surface area (Å²) in [5.74, 6) is 0.216. The number of carbonyl (C=O) groups is 1. The molecular formula is C16H24N2O. The molecule has 0 radical (unpaired) electrons. The van der Waals surface area contributed by atoms with Gasteiger partial charge in [-0.25, -0.2) is 0 Å². The molecule has 1 fully saturated rings. The smallest absolute Gasteiger partial charge is 0.232 e. The minimum absolute atomic E-state index is 0.216. The third-order valence-electron chi connectivity index (χ3n) is 4.18. The van der Waals surface area contributed by atoms with Crippen molar-refractivity contribution in [3.63, 3.8) is 0 Å². The summed E-state index contributed by atoms with van der Waals surface area (Å²) >= 11 is 0. The highest BCUT2D eigenvalue weighted by Gasteiger charge is 2.35. The third-order valence-corrected chi connectivity index (χ3v) is 4.18. The van der Waals surface area contributed by atoms with Crippen LogP contribution >= 0.6 is 0 Å². The number of carbonyl (C=O) groups excluding carboxylic acids is 1. The second kappa shape index (κ2) is 5.33. The van der Waals surface area contributed by atoms with Crippen LogP contribution in [0.4, 0.5) is 0 Å². The van der Waals surface area contributed by atoms with Gasteiger partial charge in [0.25, 0.3) is 0 Å². The zero-order chi connectivity index (χ0) is 14.0. The number of amides is 1. The molecule has 1 aliphatic rings. The molecule has 104 valence electrons. The summed E-state index contributed by atoms with van der Waals surface area (Å²) < 4.78 is 0. The van der Waals surface area contributed by atoms with E-state index in [9.17, 15) is 4.79 Å². The highest BCUT2D eigenvalue weighted by atomic mass is 16.2. The quantitative estimate of drug-likeness (QED) is 0.886. The number of rotatable bonds is 2. The van der Waals surface area contributed by atoms with Crippen molar-refractivity contribution >= 4 is 5.91 Å². The summed E-state index contributed by atoms with van der Waals surface area (Å²) in [6, 6.07) is 8.40. The molecule has 0 unspecified atom stereocenters. The van der Waals surface area contributed by atoms with E-state index in [1.807, 2.05) is 30.9 Å². The van der Waals surface area contributed by atoms with Gasteiger partial charge in [-0.3, -0.25) is 4.79 Å². The lowest BCUT2D eigenvalue weighted by molar-refractivity contribution is -0.137. The van der Waals surface area contributed by atoms with Crippen molar-refractivity contribution in [1.29, 1.82) is 0 Å². The van der Waals surface area contributed by atoms with E-state index in [1.165, 1.54) is 5.56 Å². The molecule has 3 nitrogen and oxygen atoms in total. The van der Waals surface area contributed by atoms with E-state index in [2.05, 4.69) is 19.1 Å². The van der Waals surface area contributed by atoms with Gasteiger partial charge in [-0.15, -0.1) is 0 Å². The lowest BCUT2D eigenvalue weighted by Gasteiger charge is -2.36. The number of aryl methyl sites for hydroxylation is 1. The Kier molecular flexibility index (Phi) is 3.95. The van der Waals surface area contributed by atoms with Crippen LogP contribution in [0.25, 0.3) is 0 Å². The minimum atomic E-state index is -0.465. The Bertz CT molecular complexity index is 460. The molecule has 1 aromatic carbocycles. The van der Waals surface area contributed by atoms with Crippen LogP contribution < -0.4 is 5.73 Å². The fourth-order valence-corrected chi connectivity index (χ4v) is 2.89. The first-order valence-electron chi connectivity index (χ1n) is 7.04. The van der Waals surface area contributed by atoms with Crippen LogP contribution in [0.2, 0.25) is 0 Å². The zero-order valence-electron chi connectivity index (χ0n) is 12.1. The Hall–Kier alpha value is -1.35. The Morgan fingerprint density at radius 2 is 1.84 bits per heavy atom. The molecule has 0 aromatic heterocycles. The normalized spacial score (nSPS) is 17.6. The van der Waals surface area contributed by atoms with Crippen LogP contribution in [0.1, 0.15) is 37.8 Å². The van der Waals surface area contributed by atoms with Crippen molar-refractivity contribution in [3.8, 4) is 0 Å². The van der Waals surface area contributed by atoms with E-state index in [1.54, 1.807) is 0 Å². The average molecular weight is 260 g/mol. The standard InChI is InChI=1S/C16H24N2O/c1-12-6-4-5-7-14(12)16(2,3)15(19)18-10-8-13(17)9-11-18/h4-7,13H,8-11,17H2,1-3H3. The Labute approximate surface area is 115 Å². The van der Waals surface area contributed by atoms with Gasteiger partial charge < -0.3 is 10.6 Å². The van der Waals surface area contributed by atoms with Crippen molar-refractivity contribution in [3.05, 3.63) is 35.4 Å². The van der Waals surface area contributed by atoms with E-state index in [-0.39, 0.29) is 11.9 Å². The first kappa shape index (κ1) is 14.1. The summed E-state index contributed by atoms with van der Waals surface area (Å²) in [5.41, 5.74) is 7.73. The lowest BCUT2D eigenvalue weighted by atomic mass is 9.80. The highest BCUT2D eigenvalue weighted by Crippen LogP contribution is 2.29. The van der Waals surface area contributed by atoms with Crippen LogP contribution in [0.5, 0.6) is 0 Å². The van der Waals surface area contributed by atoms with Gasteiger partial charge in [0.15, 0.2) is 0 Å². The molecule has 1 aliphatic heterocycles. The molecular weight excluding hydrogens is 236 g/mol. The molecule has 1 heterocycles. The maximum Gasteiger partial charge on any atom is 0.232 e. The van der Waals surface area contributed by atoms with Crippen LogP contribution in [0, 0.1) is 6.92 Å². The molecule has 19 heavy (non-hydrogen) atoms. The van der Waals surface area contributed by atoms with Crippen molar-refractivity contribution in [2.75, 3.05) is 13.1 Å². The number of benzene rings is 1. The first-order valence-corrected chi connectivity index (χ1v) is 7.04. The van der Waals surface area contributed by atoms with Gasteiger partial charge in [-0.05, 0) is 44.7 Å². The van der Waals surface area contributed by atoms with Gasteiger partial charge in [0.1, 0.15) is 0 Å². The topological polar surface area (TPSA) is 46.3 Å². The van der Waals surface area contributed by atoms with E-state index < -0.39 is 5.41 Å². The van der Waals surface area contributed by atoms with Crippen molar-refractivity contribution in [1.82, 2.24) is 4.90 Å². The van der Waals surface area contributed by atoms with Crippen molar-refractivity contribution in [2.45, 2.75) is 45.1 Å². The van der Waals surface area contributed by atoms with Gasteiger partial charge in [0.2, 0.25) is 5.91 Å². The molecule has 2 N–H and O–H groups in total. The van der Waals surface area contributed by atoms with Gasteiger partial charge in [-0.1, -0.05) is 24.3 Å². The average Bonchev–Trinajstić information content (AvgIpc) is 2.39. The van der Waals surface area contributed by atoms with Gasteiger partial charge in [0, 0.05) is 19.1 Å². The van der Waals surface area contributed by atoms with Crippen LogP contribution in [0.15, 0.2) is 24.3 Å². The number of likely N-dealkylation sites (tertiary alicyclic amines) is 1. The monoisotopic (exact) mass is 260 g/mol. The van der Waals surface area contributed by atoms with Crippen molar-refractivity contribution < 1.29 is 4.79 Å². The van der Waals surface area contributed by atoms with E-state index >= 15 is 0 Å².